The number of amides is 1. The van der Waals surface area contributed by atoms with E-state index in [0.29, 0.717) is 22.3 Å². The number of fused-ring (bicyclic) bond motifs is 1. The number of carbonyl (C=O) groups is 1. The van der Waals surface area contributed by atoms with Gasteiger partial charge in [-0.15, -0.1) is 0 Å². The number of benzene rings is 3. The Morgan fingerprint density at radius 3 is 2.47 bits per heavy atom. The zero-order chi connectivity index (χ0) is 21.4. The van der Waals surface area contributed by atoms with Gasteiger partial charge in [-0.2, -0.15) is 0 Å². The first-order valence-electron chi connectivity index (χ1n) is 8.65. The zero-order valence-corrected chi connectivity index (χ0v) is 16.7. The molecule has 0 bridgehead atoms. The van der Waals surface area contributed by atoms with Crippen molar-refractivity contribution in [1.29, 1.82) is 0 Å². The summed E-state index contributed by atoms with van der Waals surface area (Å²) in [7, 11) is 0. The first-order chi connectivity index (χ1) is 14.3. The summed E-state index contributed by atoms with van der Waals surface area (Å²) in [5.74, 6) is -1.49. The Bertz CT molecular complexity index is 1410. The van der Waals surface area contributed by atoms with Crippen LogP contribution in [0.25, 0.3) is 16.6 Å². The molecule has 2 N–H and O–H groups in total. The Morgan fingerprint density at radius 1 is 1.03 bits per heavy atom. The number of carbonyl (C=O) groups excluding carboxylic acids is 1. The third-order valence-corrected chi connectivity index (χ3v) is 5.00. The van der Waals surface area contributed by atoms with Gasteiger partial charge in [0.25, 0.3) is 11.5 Å². The lowest BCUT2D eigenvalue weighted by Crippen LogP contribution is -2.21. The van der Waals surface area contributed by atoms with E-state index in [1.165, 1.54) is 59.2 Å². The first kappa shape index (κ1) is 19.9. The van der Waals surface area contributed by atoms with Gasteiger partial charge < -0.3 is 10.3 Å². The van der Waals surface area contributed by atoms with Crippen molar-refractivity contribution in [3.63, 3.8) is 0 Å². The van der Waals surface area contributed by atoms with Crippen molar-refractivity contribution in [2.45, 2.75) is 0 Å². The molecule has 4 rings (SSSR count). The Labute approximate surface area is 178 Å². The van der Waals surface area contributed by atoms with E-state index >= 15 is 0 Å². The number of hydrogen-bond acceptors (Lipinski definition) is 3. The van der Waals surface area contributed by atoms with Crippen LogP contribution in [-0.2, 0) is 0 Å². The van der Waals surface area contributed by atoms with Crippen LogP contribution in [0.1, 0.15) is 10.4 Å². The molecule has 0 saturated heterocycles. The normalized spacial score (nSPS) is 10.9. The third kappa shape index (κ3) is 3.74. The molecule has 0 spiro atoms. The van der Waals surface area contributed by atoms with Gasteiger partial charge in [0.2, 0.25) is 0 Å². The molecule has 1 heterocycles. The molecule has 150 valence electrons. The van der Waals surface area contributed by atoms with Crippen LogP contribution in [0.3, 0.4) is 0 Å². The summed E-state index contributed by atoms with van der Waals surface area (Å²) in [6.07, 6.45) is 0. The molecule has 0 radical (unpaired) electrons. The van der Waals surface area contributed by atoms with E-state index < -0.39 is 23.1 Å². The van der Waals surface area contributed by atoms with E-state index in [0.717, 1.165) is 6.07 Å². The van der Waals surface area contributed by atoms with Gasteiger partial charge in [-0.05, 0) is 72.9 Å². The van der Waals surface area contributed by atoms with Gasteiger partial charge in [-0.1, -0.05) is 11.6 Å². The van der Waals surface area contributed by atoms with Crippen molar-refractivity contribution in [2.75, 3.05) is 5.32 Å². The SMILES string of the molecule is O=C(Nc1ccc(F)c(Cl)c1)c1ccc2c(=O)n(-c3ccc(F)cc3)c(=S)[nH]c2c1. The molecule has 0 fully saturated rings. The fourth-order valence-corrected chi connectivity index (χ4v) is 3.44. The van der Waals surface area contributed by atoms with Crippen molar-refractivity contribution in [3.8, 4) is 5.69 Å². The predicted molar refractivity (Wildman–Crippen MR) is 114 cm³/mol. The molecule has 1 amide bonds. The topological polar surface area (TPSA) is 66.9 Å². The van der Waals surface area contributed by atoms with E-state index in [9.17, 15) is 18.4 Å². The Hall–Kier alpha value is -3.36. The minimum atomic E-state index is -0.592. The molecule has 1 aromatic heterocycles. The highest BCUT2D eigenvalue weighted by Crippen LogP contribution is 2.20. The summed E-state index contributed by atoms with van der Waals surface area (Å²) in [6, 6.07) is 13.6. The van der Waals surface area contributed by atoms with E-state index in [2.05, 4.69) is 10.3 Å². The fourth-order valence-electron chi connectivity index (χ4n) is 2.96. The Balaban J connectivity index is 1.72. The number of H-pyrrole nitrogens is 1. The summed E-state index contributed by atoms with van der Waals surface area (Å²) in [5, 5.41) is 2.80. The summed E-state index contributed by atoms with van der Waals surface area (Å²) >= 11 is 11.0. The first-order valence-corrected chi connectivity index (χ1v) is 9.43. The van der Waals surface area contributed by atoms with Crippen molar-refractivity contribution >= 4 is 46.3 Å². The molecule has 5 nitrogen and oxygen atoms in total. The van der Waals surface area contributed by atoms with Crippen molar-refractivity contribution in [2.24, 2.45) is 0 Å². The minimum Gasteiger partial charge on any atom is -0.331 e. The van der Waals surface area contributed by atoms with Crippen LogP contribution < -0.4 is 10.9 Å². The van der Waals surface area contributed by atoms with E-state index in [1.54, 1.807) is 0 Å². The smallest absolute Gasteiger partial charge is 0.266 e. The molecule has 0 atom stereocenters. The molecule has 0 saturated carbocycles. The number of nitrogens with zero attached hydrogens (tertiary/aromatic N) is 1. The quantitative estimate of drug-likeness (QED) is 0.426. The summed E-state index contributed by atoms with van der Waals surface area (Å²) < 4.78 is 27.8. The van der Waals surface area contributed by atoms with Gasteiger partial charge >= 0.3 is 0 Å². The van der Waals surface area contributed by atoms with E-state index in [-0.39, 0.29) is 15.4 Å². The van der Waals surface area contributed by atoms with Crippen molar-refractivity contribution < 1.29 is 13.6 Å². The number of nitrogens with one attached hydrogen (secondary N) is 2. The highest BCUT2D eigenvalue weighted by molar-refractivity contribution is 7.71. The summed E-state index contributed by atoms with van der Waals surface area (Å²) in [6.45, 7) is 0. The second-order valence-corrected chi connectivity index (χ2v) is 7.18. The van der Waals surface area contributed by atoms with Gasteiger partial charge in [0, 0.05) is 11.3 Å². The highest BCUT2D eigenvalue weighted by Gasteiger charge is 2.12. The van der Waals surface area contributed by atoms with Gasteiger partial charge in [0.05, 0.1) is 21.6 Å². The van der Waals surface area contributed by atoms with Crippen LogP contribution >= 0.6 is 23.8 Å². The molecule has 0 aliphatic heterocycles. The molecule has 0 aliphatic rings. The van der Waals surface area contributed by atoms with Gasteiger partial charge in [0.15, 0.2) is 4.77 Å². The molecule has 0 unspecified atom stereocenters. The molecule has 9 heteroatoms. The number of anilines is 1. The van der Waals surface area contributed by atoms with Gasteiger partial charge in [0.1, 0.15) is 11.6 Å². The maximum atomic E-state index is 13.3. The van der Waals surface area contributed by atoms with Crippen LogP contribution in [-0.4, -0.2) is 15.5 Å². The number of aromatic amines is 1. The second-order valence-electron chi connectivity index (χ2n) is 6.39. The lowest BCUT2D eigenvalue weighted by atomic mass is 10.1. The van der Waals surface area contributed by atoms with Gasteiger partial charge in [-0.25, -0.2) is 8.78 Å². The molecule has 30 heavy (non-hydrogen) atoms. The van der Waals surface area contributed by atoms with Crippen LogP contribution in [0.2, 0.25) is 5.02 Å². The number of halogens is 3. The fraction of sp³-hybridized carbons (Fsp3) is 0. The maximum Gasteiger partial charge on any atom is 0.266 e. The average molecular weight is 444 g/mol. The van der Waals surface area contributed by atoms with Crippen LogP contribution in [0, 0.1) is 16.4 Å². The standard InChI is InChI=1S/C21H12ClF2N3O2S/c22-16-10-13(4-8-17(16)24)25-19(28)11-1-7-15-18(9-11)26-21(30)27(20(15)29)14-5-2-12(23)3-6-14/h1-10H,(H,25,28)(H,26,30). The summed E-state index contributed by atoms with van der Waals surface area (Å²) in [5.41, 5.74) is 0.962. The second kappa shape index (κ2) is 7.81. The molecule has 3 aromatic carbocycles. The van der Waals surface area contributed by atoms with Crippen LogP contribution in [0.4, 0.5) is 14.5 Å². The largest absolute Gasteiger partial charge is 0.331 e. The van der Waals surface area contributed by atoms with Crippen molar-refractivity contribution in [3.05, 3.63) is 98.0 Å². The predicted octanol–water partition coefficient (Wildman–Crippen LogP) is 5.23. The maximum absolute atomic E-state index is 13.3. The minimum absolute atomic E-state index is 0.0991. The Morgan fingerprint density at radius 2 is 1.77 bits per heavy atom. The van der Waals surface area contributed by atoms with E-state index in [4.69, 9.17) is 23.8 Å². The van der Waals surface area contributed by atoms with Crippen LogP contribution in [0.5, 0.6) is 0 Å². The highest BCUT2D eigenvalue weighted by atomic mass is 35.5. The molecule has 4 aromatic rings. The lowest BCUT2D eigenvalue weighted by Gasteiger charge is -2.10. The molecular weight excluding hydrogens is 432 g/mol. The third-order valence-electron chi connectivity index (χ3n) is 4.42. The summed E-state index contributed by atoms with van der Waals surface area (Å²) in [4.78, 5) is 28.4. The molecular formula is C21H12ClF2N3O2S. The zero-order valence-electron chi connectivity index (χ0n) is 15.1. The lowest BCUT2D eigenvalue weighted by molar-refractivity contribution is 0.102. The average Bonchev–Trinajstić information content (AvgIpc) is 2.71. The number of rotatable bonds is 3. The van der Waals surface area contributed by atoms with E-state index in [1.807, 2.05) is 0 Å². The Kier molecular flexibility index (Phi) is 5.19. The van der Waals surface area contributed by atoms with Gasteiger partial charge in [-0.3, -0.25) is 14.2 Å². The number of hydrogen-bond donors (Lipinski definition) is 2. The van der Waals surface area contributed by atoms with Crippen molar-refractivity contribution in [1.82, 2.24) is 9.55 Å². The van der Waals surface area contributed by atoms with Crippen LogP contribution in [0.15, 0.2) is 65.5 Å². The number of aromatic nitrogens is 2. The molecule has 0 aliphatic carbocycles. The monoisotopic (exact) mass is 443 g/mol.